The molecule has 0 saturated carbocycles. The second-order valence-electron chi connectivity index (χ2n) is 4.92. The number of furan rings is 1. The molecule has 3 rings (SSSR count). The van der Waals surface area contributed by atoms with Gasteiger partial charge < -0.3 is 9.73 Å². The maximum atomic E-state index is 12.8. The van der Waals surface area contributed by atoms with E-state index < -0.39 is 0 Å². The van der Waals surface area contributed by atoms with Crippen LogP contribution >= 0.6 is 0 Å². The molecule has 20 heavy (non-hydrogen) atoms. The molecule has 3 aromatic rings. The van der Waals surface area contributed by atoms with Gasteiger partial charge in [-0.1, -0.05) is 30.3 Å². The van der Waals surface area contributed by atoms with Crippen LogP contribution in [0, 0.1) is 5.82 Å². The fourth-order valence-corrected chi connectivity index (χ4v) is 2.19. The smallest absolute Gasteiger partial charge is 0.134 e. The van der Waals surface area contributed by atoms with E-state index in [1.807, 2.05) is 24.3 Å². The van der Waals surface area contributed by atoms with Crippen molar-refractivity contribution in [2.75, 3.05) is 0 Å². The van der Waals surface area contributed by atoms with E-state index in [1.54, 1.807) is 12.1 Å². The Hall–Kier alpha value is -2.13. The summed E-state index contributed by atoms with van der Waals surface area (Å²) in [6.07, 6.45) is 0. The first-order valence-corrected chi connectivity index (χ1v) is 6.69. The van der Waals surface area contributed by atoms with Gasteiger partial charge in [0, 0.05) is 11.9 Å². The van der Waals surface area contributed by atoms with E-state index in [9.17, 15) is 4.39 Å². The van der Waals surface area contributed by atoms with Crippen LogP contribution in [0.4, 0.5) is 4.39 Å². The molecule has 0 aliphatic heterocycles. The normalized spacial score (nSPS) is 12.7. The van der Waals surface area contributed by atoms with Gasteiger partial charge in [0.15, 0.2) is 0 Å². The summed E-state index contributed by atoms with van der Waals surface area (Å²) in [4.78, 5) is 0. The second-order valence-corrected chi connectivity index (χ2v) is 4.92. The lowest BCUT2D eigenvalue weighted by molar-refractivity contribution is 0.450. The van der Waals surface area contributed by atoms with Gasteiger partial charge in [-0.15, -0.1) is 0 Å². The molecule has 0 radical (unpaired) electrons. The molecule has 1 unspecified atom stereocenters. The highest BCUT2D eigenvalue weighted by Gasteiger charge is 2.10. The van der Waals surface area contributed by atoms with Crippen molar-refractivity contribution in [3.05, 3.63) is 71.7 Å². The lowest BCUT2D eigenvalue weighted by atomic mass is 10.2. The number of hydrogen-bond donors (Lipinski definition) is 1. The molecule has 0 bridgehead atoms. The number of fused-ring (bicyclic) bond motifs is 1. The molecule has 1 heterocycles. The van der Waals surface area contributed by atoms with E-state index in [-0.39, 0.29) is 11.9 Å². The zero-order valence-corrected chi connectivity index (χ0v) is 11.3. The average Bonchev–Trinajstić information content (AvgIpc) is 2.90. The molecule has 1 aromatic heterocycles. The SMILES string of the molecule is CC(NCc1ccc(F)cc1)c1cc2ccccc2o1. The van der Waals surface area contributed by atoms with Gasteiger partial charge in [-0.25, -0.2) is 4.39 Å². The Morgan fingerprint density at radius 2 is 1.85 bits per heavy atom. The third kappa shape index (κ3) is 2.73. The zero-order chi connectivity index (χ0) is 13.9. The van der Waals surface area contributed by atoms with Crippen molar-refractivity contribution >= 4 is 11.0 Å². The van der Waals surface area contributed by atoms with Crippen molar-refractivity contribution in [2.45, 2.75) is 19.5 Å². The van der Waals surface area contributed by atoms with Crippen LogP contribution < -0.4 is 5.32 Å². The van der Waals surface area contributed by atoms with E-state index in [0.29, 0.717) is 6.54 Å². The first kappa shape index (κ1) is 12.9. The maximum absolute atomic E-state index is 12.8. The van der Waals surface area contributed by atoms with Crippen molar-refractivity contribution in [1.29, 1.82) is 0 Å². The molecule has 0 amide bonds. The molecule has 2 nitrogen and oxygen atoms in total. The van der Waals surface area contributed by atoms with Crippen LogP contribution in [0.3, 0.4) is 0 Å². The second kappa shape index (κ2) is 5.47. The van der Waals surface area contributed by atoms with E-state index >= 15 is 0 Å². The highest BCUT2D eigenvalue weighted by Crippen LogP contribution is 2.23. The summed E-state index contributed by atoms with van der Waals surface area (Å²) in [6, 6.07) is 16.6. The van der Waals surface area contributed by atoms with Gasteiger partial charge in [0.1, 0.15) is 17.2 Å². The fourth-order valence-electron chi connectivity index (χ4n) is 2.19. The molecule has 2 aromatic carbocycles. The van der Waals surface area contributed by atoms with Crippen molar-refractivity contribution in [3.63, 3.8) is 0 Å². The van der Waals surface area contributed by atoms with Gasteiger partial charge in [0.25, 0.3) is 0 Å². The Morgan fingerprint density at radius 3 is 2.60 bits per heavy atom. The number of benzene rings is 2. The third-order valence-corrected chi connectivity index (χ3v) is 3.40. The van der Waals surface area contributed by atoms with E-state index in [2.05, 4.69) is 18.3 Å². The Morgan fingerprint density at radius 1 is 1.10 bits per heavy atom. The van der Waals surface area contributed by atoms with Crippen molar-refractivity contribution < 1.29 is 8.81 Å². The molecule has 3 heteroatoms. The number of para-hydroxylation sites is 1. The van der Waals surface area contributed by atoms with Crippen LogP contribution in [0.1, 0.15) is 24.3 Å². The van der Waals surface area contributed by atoms with Gasteiger partial charge in [-0.2, -0.15) is 0 Å². The Kier molecular flexibility index (Phi) is 3.52. The lowest BCUT2D eigenvalue weighted by Gasteiger charge is -2.11. The zero-order valence-electron chi connectivity index (χ0n) is 11.3. The van der Waals surface area contributed by atoms with Crippen molar-refractivity contribution in [2.24, 2.45) is 0 Å². The quantitative estimate of drug-likeness (QED) is 0.758. The van der Waals surface area contributed by atoms with Crippen molar-refractivity contribution in [1.82, 2.24) is 5.32 Å². The van der Waals surface area contributed by atoms with Gasteiger partial charge in [-0.3, -0.25) is 0 Å². The molecule has 0 aliphatic carbocycles. The summed E-state index contributed by atoms with van der Waals surface area (Å²) in [5.41, 5.74) is 1.95. The number of hydrogen-bond acceptors (Lipinski definition) is 2. The van der Waals surface area contributed by atoms with Crippen molar-refractivity contribution in [3.8, 4) is 0 Å². The predicted molar refractivity (Wildman–Crippen MR) is 77.9 cm³/mol. The van der Waals surface area contributed by atoms with Gasteiger partial charge in [0.2, 0.25) is 0 Å². The van der Waals surface area contributed by atoms with Crippen LogP contribution in [0.15, 0.2) is 59.0 Å². The van der Waals surface area contributed by atoms with E-state index in [1.165, 1.54) is 12.1 Å². The number of nitrogens with one attached hydrogen (secondary N) is 1. The Bertz CT molecular complexity index is 669. The first-order valence-electron chi connectivity index (χ1n) is 6.69. The summed E-state index contributed by atoms with van der Waals surface area (Å²) in [5.74, 6) is 0.701. The summed E-state index contributed by atoms with van der Waals surface area (Å²) >= 11 is 0. The minimum atomic E-state index is -0.209. The monoisotopic (exact) mass is 269 g/mol. The lowest BCUT2D eigenvalue weighted by Crippen LogP contribution is -2.17. The fraction of sp³-hybridized carbons (Fsp3) is 0.176. The summed E-state index contributed by atoms with van der Waals surface area (Å²) < 4.78 is 18.6. The topological polar surface area (TPSA) is 25.2 Å². The van der Waals surface area contributed by atoms with Gasteiger partial charge in [-0.05, 0) is 36.8 Å². The highest BCUT2D eigenvalue weighted by atomic mass is 19.1. The maximum Gasteiger partial charge on any atom is 0.134 e. The highest BCUT2D eigenvalue weighted by molar-refractivity contribution is 5.77. The third-order valence-electron chi connectivity index (χ3n) is 3.40. The summed E-state index contributed by atoms with van der Waals surface area (Å²) in [7, 11) is 0. The molecule has 0 aliphatic rings. The molecule has 102 valence electrons. The van der Waals surface area contributed by atoms with Crippen LogP contribution in [0.25, 0.3) is 11.0 Å². The average molecular weight is 269 g/mol. The summed E-state index contributed by atoms with van der Waals surface area (Å²) in [5, 5.41) is 4.49. The van der Waals surface area contributed by atoms with Gasteiger partial charge in [0.05, 0.1) is 6.04 Å². The van der Waals surface area contributed by atoms with Crippen LogP contribution in [-0.4, -0.2) is 0 Å². The summed E-state index contributed by atoms with van der Waals surface area (Å²) in [6.45, 7) is 2.74. The van der Waals surface area contributed by atoms with Crippen LogP contribution in [-0.2, 0) is 6.54 Å². The number of rotatable bonds is 4. The van der Waals surface area contributed by atoms with Gasteiger partial charge >= 0.3 is 0 Å². The Labute approximate surface area is 117 Å². The molecular formula is C17H16FNO. The van der Waals surface area contributed by atoms with E-state index in [4.69, 9.17) is 4.42 Å². The van der Waals surface area contributed by atoms with Crippen LogP contribution in [0.5, 0.6) is 0 Å². The van der Waals surface area contributed by atoms with E-state index in [0.717, 1.165) is 22.3 Å². The standard InChI is InChI=1S/C17H16FNO/c1-12(19-11-13-6-8-15(18)9-7-13)17-10-14-4-2-3-5-16(14)20-17/h2-10,12,19H,11H2,1H3. The minimum absolute atomic E-state index is 0.104. The molecule has 1 atom stereocenters. The molecule has 0 saturated heterocycles. The molecular weight excluding hydrogens is 253 g/mol. The molecule has 0 fully saturated rings. The minimum Gasteiger partial charge on any atom is -0.459 e. The first-order chi connectivity index (χ1) is 9.72. The molecule has 0 spiro atoms. The Balaban J connectivity index is 1.69. The molecule has 1 N–H and O–H groups in total. The van der Waals surface area contributed by atoms with Crippen LogP contribution in [0.2, 0.25) is 0 Å². The largest absolute Gasteiger partial charge is 0.459 e. The predicted octanol–water partition coefficient (Wildman–Crippen LogP) is 4.42. The number of halogens is 1.